The Balaban J connectivity index is 1.69. The number of aromatic nitrogens is 1. The van der Waals surface area contributed by atoms with Crippen LogP contribution < -0.4 is 5.73 Å². The van der Waals surface area contributed by atoms with E-state index in [1.165, 1.54) is 37.8 Å². The molecule has 1 aliphatic rings. The molecule has 1 aromatic heterocycles. The fourth-order valence-corrected chi connectivity index (χ4v) is 2.67. The zero-order valence-electron chi connectivity index (χ0n) is 9.94. The molecule has 0 saturated heterocycles. The van der Waals surface area contributed by atoms with E-state index < -0.39 is 0 Å². The number of pyridine rings is 1. The highest BCUT2D eigenvalue weighted by molar-refractivity contribution is 5.03. The number of hydrogen-bond acceptors (Lipinski definition) is 2. The van der Waals surface area contributed by atoms with Crippen molar-refractivity contribution in [3.63, 3.8) is 0 Å². The Morgan fingerprint density at radius 3 is 2.81 bits per heavy atom. The summed E-state index contributed by atoms with van der Waals surface area (Å²) in [6.07, 6.45) is 10.8. The summed E-state index contributed by atoms with van der Waals surface area (Å²) in [4.78, 5) is 4.33. The second kappa shape index (κ2) is 6.00. The van der Waals surface area contributed by atoms with E-state index in [0.717, 1.165) is 18.8 Å². The first kappa shape index (κ1) is 11.6. The van der Waals surface area contributed by atoms with Gasteiger partial charge in [-0.1, -0.05) is 31.7 Å². The SMILES string of the molecule is NC(CCc1ccccn1)CC1CCCC1. The van der Waals surface area contributed by atoms with E-state index in [-0.39, 0.29) is 0 Å². The van der Waals surface area contributed by atoms with Gasteiger partial charge in [0, 0.05) is 17.9 Å². The lowest BCUT2D eigenvalue weighted by atomic mass is 9.96. The Bertz CT molecular complexity index is 291. The largest absolute Gasteiger partial charge is 0.328 e. The number of nitrogens with zero attached hydrogens (tertiary/aromatic N) is 1. The average molecular weight is 218 g/mol. The normalized spacial score (nSPS) is 18.8. The van der Waals surface area contributed by atoms with Gasteiger partial charge in [-0.3, -0.25) is 4.98 Å². The standard InChI is InChI=1S/C14H22N2/c15-13(11-12-5-1-2-6-12)8-9-14-7-3-4-10-16-14/h3-4,7,10,12-13H,1-2,5-6,8-9,11,15H2. The van der Waals surface area contributed by atoms with Crippen molar-refractivity contribution in [3.8, 4) is 0 Å². The number of hydrogen-bond donors (Lipinski definition) is 1. The zero-order chi connectivity index (χ0) is 11.2. The zero-order valence-corrected chi connectivity index (χ0v) is 9.94. The molecule has 0 spiro atoms. The molecule has 0 amide bonds. The maximum Gasteiger partial charge on any atom is 0.0404 e. The lowest BCUT2D eigenvalue weighted by Gasteiger charge is -2.15. The molecular formula is C14H22N2. The van der Waals surface area contributed by atoms with Gasteiger partial charge in [0.25, 0.3) is 0 Å². The predicted molar refractivity (Wildman–Crippen MR) is 67.1 cm³/mol. The molecule has 1 unspecified atom stereocenters. The third-order valence-electron chi connectivity index (χ3n) is 3.61. The second-order valence-corrected chi connectivity index (χ2v) is 5.01. The van der Waals surface area contributed by atoms with Gasteiger partial charge in [-0.25, -0.2) is 0 Å². The number of nitrogens with two attached hydrogens (primary N) is 1. The van der Waals surface area contributed by atoms with Crippen LogP contribution in [-0.2, 0) is 6.42 Å². The maximum absolute atomic E-state index is 6.17. The van der Waals surface area contributed by atoms with Gasteiger partial charge in [-0.15, -0.1) is 0 Å². The molecule has 1 atom stereocenters. The van der Waals surface area contributed by atoms with Crippen molar-refractivity contribution in [1.82, 2.24) is 4.98 Å². The lowest BCUT2D eigenvalue weighted by molar-refractivity contribution is 0.426. The van der Waals surface area contributed by atoms with Gasteiger partial charge in [0.05, 0.1) is 0 Å². The van der Waals surface area contributed by atoms with Crippen LogP contribution in [0, 0.1) is 5.92 Å². The highest BCUT2D eigenvalue weighted by Crippen LogP contribution is 2.28. The second-order valence-electron chi connectivity index (χ2n) is 5.01. The monoisotopic (exact) mass is 218 g/mol. The smallest absolute Gasteiger partial charge is 0.0404 e. The summed E-state index contributed by atoms with van der Waals surface area (Å²) in [7, 11) is 0. The first-order valence-corrected chi connectivity index (χ1v) is 6.50. The molecule has 0 aliphatic heterocycles. The van der Waals surface area contributed by atoms with Crippen molar-refractivity contribution < 1.29 is 0 Å². The Labute approximate surface area is 98.3 Å². The Morgan fingerprint density at radius 1 is 1.31 bits per heavy atom. The summed E-state index contributed by atoms with van der Waals surface area (Å²) < 4.78 is 0. The van der Waals surface area contributed by atoms with Gasteiger partial charge in [0.2, 0.25) is 0 Å². The summed E-state index contributed by atoms with van der Waals surface area (Å²) in [5, 5.41) is 0. The quantitative estimate of drug-likeness (QED) is 0.825. The van der Waals surface area contributed by atoms with E-state index in [0.29, 0.717) is 6.04 Å². The Morgan fingerprint density at radius 2 is 2.12 bits per heavy atom. The molecule has 0 radical (unpaired) electrons. The van der Waals surface area contributed by atoms with Crippen LogP contribution in [0.5, 0.6) is 0 Å². The van der Waals surface area contributed by atoms with Crippen LogP contribution in [0.2, 0.25) is 0 Å². The van der Waals surface area contributed by atoms with E-state index in [1.807, 2.05) is 18.3 Å². The fraction of sp³-hybridized carbons (Fsp3) is 0.643. The van der Waals surface area contributed by atoms with Crippen molar-refractivity contribution in [1.29, 1.82) is 0 Å². The van der Waals surface area contributed by atoms with Crippen LogP contribution in [0.25, 0.3) is 0 Å². The third-order valence-corrected chi connectivity index (χ3v) is 3.61. The van der Waals surface area contributed by atoms with Gasteiger partial charge >= 0.3 is 0 Å². The van der Waals surface area contributed by atoms with E-state index in [1.54, 1.807) is 0 Å². The molecule has 2 N–H and O–H groups in total. The van der Waals surface area contributed by atoms with Gasteiger partial charge < -0.3 is 5.73 Å². The van der Waals surface area contributed by atoms with Crippen molar-refractivity contribution in [2.24, 2.45) is 11.7 Å². The number of rotatable bonds is 5. The van der Waals surface area contributed by atoms with Crippen LogP contribution in [0.3, 0.4) is 0 Å². The molecule has 1 aliphatic carbocycles. The van der Waals surface area contributed by atoms with E-state index in [2.05, 4.69) is 11.1 Å². The molecule has 1 fully saturated rings. The molecule has 2 heteroatoms. The van der Waals surface area contributed by atoms with Crippen molar-refractivity contribution in [2.45, 2.75) is 51.0 Å². The maximum atomic E-state index is 6.17. The van der Waals surface area contributed by atoms with Gasteiger partial charge in [-0.05, 0) is 37.3 Å². The molecule has 2 nitrogen and oxygen atoms in total. The molecule has 1 saturated carbocycles. The molecular weight excluding hydrogens is 196 g/mol. The first-order valence-electron chi connectivity index (χ1n) is 6.50. The summed E-state index contributed by atoms with van der Waals surface area (Å²) >= 11 is 0. The van der Waals surface area contributed by atoms with Gasteiger partial charge in [-0.2, -0.15) is 0 Å². The van der Waals surface area contributed by atoms with E-state index >= 15 is 0 Å². The molecule has 1 aromatic rings. The molecule has 2 rings (SSSR count). The van der Waals surface area contributed by atoms with E-state index in [9.17, 15) is 0 Å². The molecule has 16 heavy (non-hydrogen) atoms. The summed E-state index contributed by atoms with van der Waals surface area (Å²) in [6.45, 7) is 0. The third kappa shape index (κ3) is 3.60. The molecule has 88 valence electrons. The molecule has 0 aromatic carbocycles. The van der Waals surface area contributed by atoms with E-state index in [4.69, 9.17) is 5.73 Å². The minimum Gasteiger partial charge on any atom is -0.328 e. The minimum atomic E-state index is 0.366. The van der Waals surface area contributed by atoms with Crippen LogP contribution in [0.4, 0.5) is 0 Å². The fourth-order valence-electron chi connectivity index (χ4n) is 2.67. The van der Waals surface area contributed by atoms with Crippen molar-refractivity contribution in [2.75, 3.05) is 0 Å². The summed E-state index contributed by atoms with van der Waals surface area (Å²) in [6, 6.07) is 6.46. The first-order chi connectivity index (χ1) is 7.84. The topological polar surface area (TPSA) is 38.9 Å². The highest BCUT2D eigenvalue weighted by Gasteiger charge is 2.17. The van der Waals surface area contributed by atoms with Crippen molar-refractivity contribution >= 4 is 0 Å². The highest BCUT2D eigenvalue weighted by atomic mass is 14.7. The number of aryl methyl sites for hydroxylation is 1. The Kier molecular flexibility index (Phi) is 4.34. The minimum absolute atomic E-state index is 0.366. The lowest BCUT2D eigenvalue weighted by Crippen LogP contribution is -2.23. The van der Waals surface area contributed by atoms with Gasteiger partial charge in [0.1, 0.15) is 0 Å². The summed E-state index contributed by atoms with van der Waals surface area (Å²) in [5.41, 5.74) is 7.34. The van der Waals surface area contributed by atoms with Crippen LogP contribution in [-0.4, -0.2) is 11.0 Å². The van der Waals surface area contributed by atoms with Crippen LogP contribution in [0.15, 0.2) is 24.4 Å². The molecule has 0 bridgehead atoms. The van der Waals surface area contributed by atoms with Crippen molar-refractivity contribution in [3.05, 3.63) is 30.1 Å². The summed E-state index contributed by atoms with van der Waals surface area (Å²) in [5.74, 6) is 0.902. The predicted octanol–water partition coefficient (Wildman–Crippen LogP) is 2.92. The molecule has 1 heterocycles. The van der Waals surface area contributed by atoms with Gasteiger partial charge in [0.15, 0.2) is 0 Å². The Hall–Kier alpha value is -0.890. The van der Waals surface area contributed by atoms with Crippen LogP contribution >= 0.6 is 0 Å². The van der Waals surface area contributed by atoms with Crippen LogP contribution in [0.1, 0.15) is 44.2 Å². The average Bonchev–Trinajstić information content (AvgIpc) is 2.81.